The highest BCUT2D eigenvalue weighted by Crippen LogP contribution is 2.13. The molecule has 1 aromatic heterocycles. The minimum absolute atomic E-state index is 0.220. The summed E-state index contributed by atoms with van der Waals surface area (Å²) in [4.78, 5) is 11.6. The summed E-state index contributed by atoms with van der Waals surface area (Å²) in [5.41, 5.74) is 1.18. The topological polar surface area (TPSA) is 30.2 Å². The van der Waals surface area contributed by atoms with Gasteiger partial charge < -0.3 is 4.42 Å². The first kappa shape index (κ1) is 10.7. The lowest BCUT2D eigenvalue weighted by Crippen LogP contribution is -2.06. The zero-order chi connectivity index (χ0) is 11.4. The maximum absolute atomic E-state index is 11.6. The predicted octanol–water partition coefficient (Wildman–Crippen LogP) is 3.30. The third-order valence-electron chi connectivity index (χ3n) is 2.57. The molecule has 2 aromatic rings. The summed E-state index contributed by atoms with van der Waals surface area (Å²) in [6.07, 6.45) is 4.47. The Balaban J connectivity index is 2.34. The van der Waals surface area contributed by atoms with Gasteiger partial charge in [-0.05, 0) is 31.4 Å². The Morgan fingerprint density at radius 1 is 1.31 bits per heavy atom. The van der Waals surface area contributed by atoms with Crippen molar-refractivity contribution in [2.75, 3.05) is 0 Å². The Morgan fingerprint density at radius 3 is 2.94 bits per heavy atom. The van der Waals surface area contributed by atoms with Gasteiger partial charge in [0.05, 0.1) is 0 Å². The summed E-state index contributed by atoms with van der Waals surface area (Å²) in [6, 6.07) is 9.49. The average molecular weight is 214 g/mol. The molecule has 0 aliphatic carbocycles. The fraction of sp³-hybridized carbons (Fsp3) is 0.214. The number of para-hydroxylation sites is 1. The highest BCUT2D eigenvalue weighted by Gasteiger charge is 2.03. The molecule has 0 bridgehead atoms. The summed E-state index contributed by atoms with van der Waals surface area (Å²) in [7, 11) is 0. The number of hydrogen-bond acceptors (Lipinski definition) is 2. The molecule has 0 aliphatic heterocycles. The number of unbranched alkanes of at least 4 members (excludes halogenated alkanes) is 1. The van der Waals surface area contributed by atoms with E-state index < -0.39 is 0 Å². The number of rotatable bonds is 4. The van der Waals surface area contributed by atoms with Crippen LogP contribution in [-0.2, 0) is 6.42 Å². The second-order valence-corrected chi connectivity index (χ2v) is 3.78. The van der Waals surface area contributed by atoms with E-state index in [-0.39, 0.29) is 5.63 Å². The first-order valence-corrected chi connectivity index (χ1v) is 5.44. The minimum Gasteiger partial charge on any atom is -0.423 e. The van der Waals surface area contributed by atoms with Crippen LogP contribution in [0.2, 0.25) is 0 Å². The Hall–Kier alpha value is -1.83. The van der Waals surface area contributed by atoms with Gasteiger partial charge in [0, 0.05) is 10.9 Å². The quantitative estimate of drug-likeness (QED) is 0.444. The fourth-order valence-corrected chi connectivity index (χ4v) is 1.72. The van der Waals surface area contributed by atoms with Crippen LogP contribution in [0, 0.1) is 0 Å². The number of allylic oxidation sites excluding steroid dienone is 1. The minimum atomic E-state index is -0.220. The lowest BCUT2D eigenvalue weighted by molar-refractivity contribution is 0.548. The Bertz CT molecular complexity index is 552. The molecular formula is C14H14O2. The molecule has 0 unspecified atom stereocenters. The number of benzene rings is 1. The van der Waals surface area contributed by atoms with Gasteiger partial charge in [0.15, 0.2) is 0 Å². The Labute approximate surface area is 94.2 Å². The van der Waals surface area contributed by atoms with Gasteiger partial charge in [-0.25, -0.2) is 4.79 Å². The number of aryl methyl sites for hydroxylation is 1. The van der Waals surface area contributed by atoms with Gasteiger partial charge >= 0.3 is 5.63 Å². The molecule has 2 heteroatoms. The van der Waals surface area contributed by atoms with Crippen LogP contribution in [0.3, 0.4) is 0 Å². The summed E-state index contributed by atoms with van der Waals surface area (Å²) in [6.45, 7) is 3.66. The van der Waals surface area contributed by atoms with Crippen molar-refractivity contribution < 1.29 is 4.42 Å². The summed E-state index contributed by atoms with van der Waals surface area (Å²) >= 11 is 0. The maximum atomic E-state index is 11.6. The highest BCUT2D eigenvalue weighted by molar-refractivity contribution is 5.76. The predicted molar refractivity (Wildman–Crippen MR) is 65.6 cm³/mol. The second kappa shape index (κ2) is 4.79. The van der Waals surface area contributed by atoms with E-state index in [4.69, 9.17) is 4.42 Å². The van der Waals surface area contributed by atoms with E-state index in [9.17, 15) is 4.79 Å². The molecule has 2 rings (SSSR count). The van der Waals surface area contributed by atoms with Crippen LogP contribution in [-0.4, -0.2) is 0 Å². The summed E-state index contributed by atoms with van der Waals surface area (Å²) in [5.74, 6) is 0. The maximum Gasteiger partial charge on any atom is 0.339 e. The van der Waals surface area contributed by atoms with Crippen molar-refractivity contribution in [2.24, 2.45) is 0 Å². The highest BCUT2D eigenvalue weighted by atomic mass is 16.4. The molecule has 0 atom stereocenters. The summed E-state index contributed by atoms with van der Waals surface area (Å²) < 4.78 is 5.24. The van der Waals surface area contributed by atoms with Crippen LogP contribution in [0.1, 0.15) is 18.4 Å². The van der Waals surface area contributed by atoms with Crippen LogP contribution < -0.4 is 5.63 Å². The summed E-state index contributed by atoms with van der Waals surface area (Å²) in [5, 5.41) is 0.982. The van der Waals surface area contributed by atoms with Gasteiger partial charge in [-0.15, -0.1) is 6.58 Å². The first-order valence-electron chi connectivity index (χ1n) is 5.44. The van der Waals surface area contributed by atoms with E-state index >= 15 is 0 Å². The molecule has 0 spiro atoms. The lowest BCUT2D eigenvalue weighted by Gasteiger charge is -2.00. The third-order valence-corrected chi connectivity index (χ3v) is 2.57. The van der Waals surface area contributed by atoms with E-state index in [1.807, 2.05) is 36.4 Å². The van der Waals surface area contributed by atoms with Gasteiger partial charge in [0.25, 0.3) is 0 Å². The molecule has 0 aliphatic rings. The Morgan fingerprint density at radius 2 is 2.12 bits per heavy atom. The average Bonchev–Trinajstić information content (AvgIpc) is 2.30. The lowest BCUT2D eigenvalue weighted by atomic mass is 10.1. The fourth-order valence-electron chi connectivity index (χ4n) is 1.72. The van der Waals surface area contributed by atoms with Crippen LogP contribution >= 0.6 is 0 Å². The van der Waals surface area contributed by atoms with Crippen LogP contribution in [0.15, 0.2) is 52.2 Å². The molecule has 82 valence electrons. The van der Waals surface area contributed by atoms with Crippen molar-refractivity contribution in [3.63, 3.8) is 0 Å². The van der Waals surface area contributed by atoms with E-state index in [0.717, 1.165) is 30.2 Å². The molecule has 0 saturated carbocycles. The van der Waals surface area contributed by atoms with E-state index in [0.29, 0.717) is 5.58 Å². The first-order chi connectivity index (χ1) is 7.81. The molecule has 2 nitrogen and oxygen atoms in total. The van der Waals surface area contributed by atoms with E-state index in [2.05, 4.69) is 6.58 Å². The number of fused-ring (bicyclic) bond motifs is 1. The van der Waals surface area contributed by atoms with Crippen molar-refractivity contribution in [2.45, 2.75) is 19.3 Å². The smallest absolute Gasteiger partial charge is 0.339 e. The molecule has 0 amide bonds. The van der Waals surface area contributed by atoms with Gasteiger partial charge in [0.1, 0.15) is 5.58 Å². The van der Waals surface area contributed by atoms with Crippen LogP contribution in [0.5, 0.6) is 0 Å². The van der Waals surface area contributed by atoms with Gasteiger partial charge in [-0.2, -0.15) is 0 Å². The van der Waals surface area contributed by atoms with E-state index in [1.165, 1.54) is 0 Å². The SMILES string of the molecule is C=CCCCc1cc2ccccc2oc1=O. The van der Waals surface area contributed by atoms with Gasteiger partial charge in [0.2, 0.25) is 0 Å². The van der Waals surface area contributed by atoms with Crippen molar-refractivity contribution in [1.29, 1.82) is 0 Å². The largest absolute Gasteiger partial charge is 0.423 e. The normalized spacial score (nSPS) is 10.5. The molecule has 16 heavy (non-hydrogen) atoms. The molecule has 0 saturated heterocycles. The third kappa shape index (κ3) is 2.22. The monoisotopic (exact) mass is 214 g/mol. The zero-order valence-corrected chi connectivity index (χ0v) is 9.11. The molecule has 0 fully saturated rings. The van der Waals surface area contributed by atoms with Gasteiger partial charge in [-0.3, -0.25) is 0 Å². The van der Waals surface area contributed by atoms with Crippen molar-refractivity contribution >= 4 is 11.0 Å². The zero-order valence-electron chi connectivity index (χ0n) is 9.11. The second-order valence-electron chi connectivity index (χ2n) is 3.78. The van der Waals surface area contributed by atoms with Gasteiger partial charge in [-0.1, -0.05) is 24.3 Å². The number of hydrogen-bond donors (Lipinski definition) is 0. The Kier molecular flexibility index (Phi) is 3.20. The van der Waals surface area contributed by atoms with Crippen molar-refractivity contribution in [1.82, 2.24) is 0 Å². The van der Waals surface area contributed by atoms with Crippen LogP contribution in [0.4, 0.5) is 0 Å². The van der Waals surface area contributed by atoms with Crippen molar-refractivity contribution in [3.8, 4) is 0 Å². The van der Waals surface area contributed by atoms with Crippen molar-refractivity contribution in [3.05, 3.63) is 59.0 Å². The molecule has 0 N–H and O–H groups in total. The molecule has 1 heterocycles. The molecule has 0 radical (unpaired) electrons. The standard InChI is InChI=1S/C14H14O2/c1-2-3-4-8-12-10-11-7-5-6-9-13(11)16-14(12)15/h2,5-7,9-10H,1,3-4,8H2. The molecule has 1 aromatic carbocycles. The molecular weight excluding hydrogens is 200 g/mol. The van der Waals surface area contributed by atoms with Crippen LogP contribution in [0.25, 0.3) is 11.0 Å². The van der Waals surface area contributed by atoms with E-state index in [1.54, 1.807) is 0 Å².